The van der Waals surface area contributed by atoms with E-state index in [2.05, 4.69) is 32.6 Å². The zero-order valence-electron chi connectivity index (χ0n) is 15.4. The highest BCUT2D eigenvalue weighted by atomic mass is 79.9. The van der Waals surface area contributed by atoms with Gasteiger partial charge in [-0.25, -0.2) is 0 Å². The molecule has 0 spiro atoms. The van der Waals surface area contributed by atoms with Crippen LogP contribution in [0.4, 0.5) is 0 Å². The van der Waals surface area contributed by atoms with Crippen molar-refractivity contribution in [3.05, 3.63) is 57.0 Å². The average Bonchev–Trinajstić information content (AvgIpc) is 2.61. The van der Waals surface area contributed by atoms with Gasteiger partial charge in [-0.2, -0.15) is 0 Å². The van der Waals surface area contributed by atoms with E-state index in [4.69, 9.17) is 21.1 Å². The lowest BCUT2D eigenvalue weighted by Gasteiger charge is -2.15. The smallest absolute Gasteiger partial charge is 0.175 e. The van der Waals surface area contributed by atoms with Gasteiger partial charge in [0.15, 0.2) is 11.5 Å². The van der Waals surface area contributed by atoms with Gasteiger partial charge < -0.3 is 20.1 Å². The fraction of sp³-hybridized carbons (Fsp3) is 0.368. The summed E-state index contributed by atoms with van der Waals surface area (Å²) < 4.78 is 12.3. The average molecular weight is 501 g/mol. The fourth-order valence-electron chi connectivity index (χ4n) is 2.40. The molecule has 0 atom stereocenters. The van der Waals surface area contributed by atoms with Gasteiger partial charge >= 0.3 is 0 Å². The molecule has 0 fully saturated rings. The van der Waals surface area contributed by atoms with Crippen molar-refractivity contribution in [1.82, 2.24) is 10.6 Å². The Bertz CT molecular complexity index is 690. The molecule has 2 aromatic rings. The first kappa shape index (κ1) is 26.3. The van der Waals surface area contributed by atoms with Crippen molar-refractivity contribution in [2.45, 2.75) is 19.6 Å². The van der Waals surface area contributed by atoms with Crippen molar-refractivity contribution >= 4 is 52.3 Å². The Morgan fingerprint density at radius 1 is 1.11 bits per heavy atom. The second-order valence-electron chi connectivity index (χ2n) is 5.62. The van der Waals surface area contributed by atoms with Crippen LogP contribution in [-0.4, -0.2) is 27.2 Å². The van der Waals surface area contributed by atoms with Crippen LogP contribution in [0.3, 0.4) is 0 Å². The van der Waals surface area contributed by atoms with Crippen molar-refractivity contribution in [3.63, 3.8) is 0 Å². The number of hydrogen-bond acceptors (Lipinski definition) is 4. The van der Waals surface area contributed by atoms with Crippen molar-refractivity contribution < 1.29 is 9.47 Å². The molecule has 0 saturated carbocycles. The Hall–Kier alpha value is -0.690. The van der Waals surface area contributed by atoms with Crippen LogP contribution in [0.2, 0.25) is 5.02 Å². The van der Waals surface area contributed by atoms with Gasteiger partial charge in [-0.1, -0.05) is 29.8 Å². The maximum Gasteiger partial charge on any atom is 0.175 e. The molecular weight excluding hydrogens is 474 g/mol. The minimum absolute atomic E-state index is 0. The summed E-state index contributed by atoms with van der Waals surface area (Å²) in [6, 6.07) is 11.7. The first-order chi connectivity index (χ1) is 12.2. The van der Waals surface area contributed by atoms with Gasteiger partial charge in [0, 0.05) is 17.1 Å². The SMILES string of the molecule is CNCCCNCc1cc(Br)c(OCc2ccccc2Cl)c(OC)c1.Cl.Cl. The maximum absolute atomic E-state index is 6.19. The lowest BCUT2D eigenvalue weighted by atomic mass is 10.2. The molecule has 0 heterocycles. The second-order valence-corrected chi connectivity index (χ2v) is 6.88. The van der Waals surface area contributed by atoms with Gasteiger partial charge in [0.05, 0.1) is 11.6 Å². The van der Waals surface area contributed by atoms with Gasteiger partial charge in [0.2, 0.25) is 0 Å². The van der Waals surface area contributed by atoms with Crippen LogP contribution >= 0.6 is 52.3 Å². The van der Waals surface area contributed by atoms with E-state index in [-0.39, 0.29) is 24.8 Å². The number of rotatable bonds is 10. The molecule has 0 amide bonds. The van der Waals surface area contributed by atoms with E-state index in [1.165, 1.54) is 0 Å². The predicted molar refractivity (Wildman–Crippen MR) is 121 cm³/mol. The van der Waals surface area contributed by atoms with Crippen molar-refractivity contribution in [3.8, 4) is 11.5 Å². The van der Waals surface area contributed by atoms with E-state index in [0.29, 0.717) is 23.1 Å². The molecule has 4 nitrogen and oxygen atoms in total. The Labute approximate surface area is 187 Å². The van der Waals surface area contributed by atoms with Gasteiger partial charge in [-0.05, 0) is 66.3 Å². The molecule has 0 bridgehead atoms. The summed E-state index contributed by atoms with van der Waals surface area (Å²) in [6.45, 7) is 3.14. The molecule has 2 N–H and O–H groups in total. The lowest BCUT2D eigenvalue weighted by molar-refractivity contribution is 0.282. The van der Waals surface area contributed by atoms with E-state index < -0.39 is 0 Å². The Morgan fingerprint density at radius 3 is 2.52 bits per heavy atom. The van der Waals surface area contributed by atoms with E-state index in [9.17, 15) is 0 Å². The molecule has 2 aromatic carbocycles. The summed E-state index contributed by atoms with van der Waals surface area (Å²) >= 11 is 9.78. The summed E-state index contributed by atoms with van der Waals surface area (Å²) in [5, 5.41) is 7.26. The number of methoxy groups -OCH3 is 1. The molecule has 27 heavy (non-hydrogen) atoms. The fourth-order valence-corrected chi connectivity index (χ4v) is 3.20. The number of nitrogens with one attached hydrogen (secondary N) is 2. The number of halogens is 4. The van der Waals surface area contributed by atoms with Crippen molar-refractivity contribution in [2.24, 2.45) is 0 Å². The number of hydrogen-bond donors (Lipinski definition) is 2. The minimum Gasteiger partial charge on any atom is -0.493 e. The molecule has 0 aliphatic carbocycles. The minimum atomic E-state index is 0. The zero-order chi connectivity index (χ0) is 18.1. The van der Waals surface area contributed by atoms with Gasteiger partial charge in [0.1, 0.15) is 6.61 Å². The Balaban J connectivity index is 0.00000338. The topological polar surface area (TPSA) is 42.5 Å². The molecule has 0 unspecified atom stereocenters. The lowest BCUT2D eigenvalue weighted by Crippen LogP contribution is -2.19. The molecule has 2 rings (SSSR count). The van der Waals surface area contributed by atoms with Crippen LogP contribution in [0.25, 0.3) is 0 Å². The van der Waals surface area contributed by atoms with Gasteiger partial charge in [-0.3, -0.25) is 0 Å². The summed E-state index contributed by atoms with van der Waals surface area (Å²) in [5.41, 5.74) is 2.08. The summed E-state index contributed by atoms with van der Waals surface area (Å²) in [7, 11) is 3.61. The third-order valence-electron chi connectivity index (χ3n) is 3.73. The quantitative estimate of drug-likeness (QED) is 0.438. The first-order valence-electron chi connectivity index (χ1n) is 8.23. The standard InChI is InChI=1S/C19H24BrClN2O2.2ClH/c1-22-8-5-9-23-12-14-10-16(20)19(18(11-14)24-2)25-13-15-6-3-4-7-17(15)21;;/h3-4,6-7,10-11,22-23H,5,8-9,12-13H2,1-2H3;2*1H. The van der Waals surface area contributed by atoms with Crippen LogP contribution in [0, 0.1) is 0 Å². The monoisotopic (exact) mass is 498 g/mol. The summed E-state index contributed by atoms with van der Waals surface area (Å²) in [6.07, 6.45) is 1.09. The van der Waals surface area contributed by atoms with E-state index in [1.54, 1.807) is 7.11 Å². The van der Waals surface area contributed by atoms with Crippen LogP contribution in [0.15, 0.2) is 40.9 Å². The molecule has 0 radical (unpaired) electrons. The molecule has 0 saturated heterocycles. The highest BCUT2D eigenvalue weighted by molar-refractivity contribution is 9.10. The third kappa shape index (κ3) is 8.46. The first-order valence-corrected chi connectivity index (χ1v) is 9.40. The molecule has 0 aliphatic rings. The second kappa shape index (κ2) is 14.3. The zero-order valence-corrected chi connectivity index (χ0v) is 19.4. The maximum atomic E-state index is 6.19. The van der Waals surface area contributed by atoms with E-state index in [1.807, 2.05) is 37.4 Å². The molecular formula is C19H26BrCl3N2O2. The van der Waals surface area contributed by atoms with Crippen LogP contribution in [0.1, 0.15) is 17.5 Å². The third-order valence-corrected chi connectivity index (χ3v) is 4.69. The summed E-state index contributed by atoms with van der Waals surface area (Å²) in [4.78, 5) is 0. The normalized spacial score (nSPS) is 9.93. The van der Waals surface area contributed by atoms with Crippen LogP contribution < -0.4 is 20.1 Å². The van der Waals surface area contributed by atoms with Crippen LogP contribution in [-0.2, 0) is 13.2 Å². The summed E-state index contributed by atoms with van der Waals surface area (Å²) in [5.74, 6) is 1.38. The predicted octanol–water partition coefficient (Wildman–Crippen LogP) is 5.23. The number of ether oxygens (including phenoxy) is 2. The van der Waals surface area contributed by atoms with E-state index >= 15 is 0 Å². The Morgan fingerprint density at radius 2 is 1.85 bits per heavy atom. The van der Waals surface area contributed by atoms with Crippen molar-refractivity contribution in [2.75, 3.05) is 27.2 Å². The molecule has 0 aliphatic heterocycles. The van der Waals surface area contributed by atoms with Gasteiger partial charge in [0.25, 0.3) is 0 Å². The highest BCUT2D eigenvalue weighted by Crippen LogP contribution is 2.37. The largest absolute Gasteiger partial charge is 0.493 e. The van der Waals surface area contributed by atoms with E-state index in [0.717, 1.165) is 41.7 Å². The molecule has 0 aromatic heterocycles. The Kier molecular flexibility index (Phi) is 14.0. The van der Waals surface area contributed by atoms with Crippen molar-refractivity contribution in [1.29, 1.82) is 0 Å². The molecule has 8 heteroatoms. The number of benzene rings is 2. The highest BCUT2D eigenvalue weighted by Gasteiger charge is 2.12. The molecule has 152 valence electrons. The van der Waals surface area contributed by atoms with Gasteiger partial charge in [-0.15, -0.1) is 24.8 Å². The van der Waals surface area contributed by atoms with Crippen LogP contribution in [0.5, 0.6) is 11.5 Å².